The van der Waals surface area contributed by atoms with E-state index in [1.807, 2.05) is 6.26 Å². The van der Waals surface area contributed by atoms with Gasteiger partial charge in [0.15, 0.2) is 0 Å². The highest BCUT2D eigenvalue weighted by molar-refractivity contribution is 8.00. The number of rotatable bonds is 6. The van der Waals surface area contributed by atoms with E-state index >= 15 is 0 Å². The fraction of sp³-hybridized carbons (Fsp3) is 0.500. The van der Waals surface area contributed by atoms with Crippen LogP contribution in [0.3, 0.4) is 0 Å². The lowest BCUT2D eigenvalue weighted by Gasteiger charge is -2.13. The van der Waals surface area contributed by atoms with E-state index in [0.29, 0.717) is 12.2 Å². The molecule has 1 aliphatic carbocycles. The molecule has 0 amide bonds. The molecule has 6 heteroatoms. The van der Waals surface area contributed by atoms with Gasteiger partial charge in [0.2, 0.25) is 10.0 Å². The van der Waals surface area contributed by atoms with E-state index in [9.17, 15) is 8.42 Å². The molecule has 100 valence electrons. The van der Waals surface area contributed by atoms with Crippen LogP contribution < -0.4 is 10.5 Å². The van der Waals surface area contributed by atoms with Crippen LogP contribution in [-0.4, -0.2) is 26.0 Å². The molecule has 0 spiro atoms. The van der Waals surface area contributed by atoms with E-state index in [-0.39, 0.29) is 10.5 Å². The number of anilines is 1. The van der Waals surface area contributed by atoms with Crippen LogP contribution in [0.4, 0.5) is 5.69 Å². The summed E-state index contributed by atoms with van der Waals surface area (Å²) in [6.07, 6.45) is 4.21. The SMILES string of the molecule is CSC1(CNS(=O)(=O)Cc2cccc(N)c2)CC1. The molecule has 1 saturated carbocycles. The van der Waals surface area contributed by atoms with E-state index in [0.717, 1.165) is 18.4 Å². The van der Waals surface area contributed by atoms with Gasteiger partial charge in [-0.3, -0.25) is 0 Å². The first kappa shape index (κ1) is 13.7. The standard InChI is InChI=1S/C12H18N2O2S2/c1-17-12(5-6-12)9-14-18(15,16)8-10-3-2-4-11(13)7-10/h2-4,7,14H,5-6,8-9,13H2,1H3. The molecule has 2 rings (SSSR count). The highest BCUT2D eigenvalue weighted by atomic mass is 32.2. The van der Waals surface area contributed by atoms with Gasteiger partial charge in [0.1, 0.15) is 0 Å². The maximum Gasteiger partial charge on any atom is 0.215 e. The molecule has 0 bridgehead atoms. The normalized spacial score (nSPS) is 17.6. The second kappa shape index (κ2) is 5.11. The molecular formula is C12H18N2O2S2. The van der Waals surface area contributed by atoms with Crippen molar-refractivity contribution in [2.75, 3.05) is 18.5 Å². The summed E-state index contributed by atoms with van der Waals surface area (Å²) in [5, 5.41) is 0. The van der Waals surface area contributed by atoms with E-state index < -0.39 is 10.0 Å². The van der Waals surface area contributed by atoms with Crippen LogP contribution in [0.2, 0.25) is 0 Å². The zero-order valence-corrected chi connectivity index (χ0v) is 12.0. The summed E-state index contributed by atoms with van der Waals surface area (Å²) in [4.78, 5) is 0. The molecule has 3 N–H and O–H groups in total. The molecule has 0 heterocycles. The zero-order chi connectivity index (χ0) is 13.2. The predicted octanol–water partition coefficient (Wildman–Crippen LogP) is 1.58. The molecule has 1 aromatic rings. The smallest absolute Gasteiger partial charge is 0.215 e. The summed E-state index contributed by atoms with van der Waals surface area (Å²) in [6, 6.07) is 6.98. The van der Waals surface area contributed by atoms with Crippen molar-refractivity contribution in [3.8, 4) is 0 Å². The fourth-order valence-corrected chi connectivity index (χ4v) is 3.82. The molecule has 1 aliphatic rings. The van der Waals surface area contributed by atoms with Gasteiger partial charge in [0, 0.05) is 17.0 Å². The first-order chi connectivity index (χ1) is 8.45. The number of nitrogens with two attached hydrogens (primary N) is 1. The number of nitrogens with one attached hydrogen (secondary N) is 1. The van der Waals surface area contributed by atoms with Gasteiger partial charge in [-0.05, 0) is 36.8 Å². The lowest BCUT2D eigenvalue weighted by molar-refractivity contribution is 0.579. The number of thioether (sulfide) groups is 1. The molecule has 0 atom stereocenters. The summed E-state index contributed by atoms with van der Waals surface area (Å²) in [5.41, 5.74) is 6.94. The van der Waals surface area contributed by atoms with Crippen LogP contribution >= 0.6 is 11.8 Å². The van der Waals surface area contributed by atoms with Crippen LogP contribution in [0.1, 0.15) is 18.4 Å². The van der Waals surface area contributed by atoms with Crippen molar-refractivity contribution in [2.24, 2.45) is 0 Å². The predicted molar refractivity (Wildman–Crippen MR) is 77.0 cm³/mol. The summed E-state index contributed by atoms with van der Waals surface area (Å²) >= 11 is 1.74. The van der Waals surface area contributed by atoms with Crippen LogP contribution in [0.5, 0.6) is 0 Å². The fourth-order valence-electron chi connectivity index (χ4n) is 1.79. The first-order valence-electron chi connectivity index (χ1n) is 5.82. The Bertz CT molecular complexity index is 525. The van der Waals surface area contributed by atoms with Gasteiger partial charge in [0.25, 0.3) is 0 Å². The lowest BCUT2D eigenvalue weighted by Crippen LogP contribution is -2.32. The third-order valence-corrected chi connectivity index (χ3v) is 5.88. The van der Waals surface area contributed by atoms with E-state index in [1.165, 1.54) is 0 Å². The average molecular weight is 286 g/mol. The lowest BCUT2D eigenvalue weighted by atomic mass is 10.2. The van der Waals surface area contributed by atoms with E-state index in [4.69, 9.17) is 5.73 Å². The number of sulfonamides is 1. The summed E-state index contributed by atoms with van der Waals surface area (Å²) < 4.78 is 26.7. The van der Waals surface area contributed by atoms with Crippen LogP contribution in [-0.2, 0) is 15.8 Å². The minimum absolute atomic E-state index is 0.0114. The van der Waals surface area contributed by atoms with Crippen molar-refractivity contribution in [1.82, 2.24) is 4.72 Å². The largest absolute Gasteiger partial charge is 0.399 e. The van der Waals surface area contributed by atoms with E-state index in [1.54, 1.807) is 36.0 Å². The Labute approximate surface area is 112 Å². The third kappa shape index (κ3) is 3.63. The minimum atomic E-state index is -3.27. The maximum absolute atomic E-state index is 11.9. The van der Waals surface area contributed by atoms with Gasteiger partial charge < -0.3 is 5.73 Å². The third-order valence-electron chi connectivity index (χ3n) is 3.16. The highest BCUT2D eigenvalue weighted by Gasteiger charge is 2.42. The molecule has 4 nitrogen and oxygen atoms in total. The molecule has 0 unspecified atom stereocenters. The quantitative estimate of drug-likeness (QED) is 0.779. The average Bonchev–Trinajstić information content (AvgIpc) is 3.07. The van der Waals surface area contributed by atoms with E-state index in [2.05, 4.69) is 4.72 Å². The molecule has 0 aliphatic heterocycles. The number of benzene rings is 1. The Hall–Kier alpha value is -0.720. The Kier molecular flexibility index (Phi) is 3.89. The molecule has 1 fully saturated rings. The zero-order valence-electron chi connectivity index (χ0n) is 10.3. The minimum Gasteiger partial charge on any atom is -0.399 e. The van der Waals surface area contributed by atoms with Crippen molar-refractivity contribution >= 4 is 27.5 Å². The highest BCUT2D eigenvalue weighted by Crippen LogP contribution is 2.46. The van der Waals surface area contributed by atoms with Crippen LogP contribution in [0.25, 0.3) is 0 Å². The molecular weight excluding hydrogens is 268 g/mol. The molecule has 18 heavy (non-hydrogen) atoms. The first-order valence-corrected chi connectivity index (χ1v) is 8.69. The molecule has 0 saturated heterocycles. The summed E-state index contributed by atoms with van der Waals surface area (Å²) in [5.74, 6) is -0.0114. The molecule has 0 radical (unpaired) electrons. The van der Waals surface area contributed by atoms with Gasteiger partial charge in [-0.1, -0.05) is 12.1 Å². The Balaban J connectivity index is 1.95. The number of hydrogen-bond acceptors (Lipinski definition) is 4. The van der Waals surface area contributed by atoms with Crippen molar-refractivity contribution in [3.63, 3.8) is 0 Å². The Morgan fingerprint density at radius 2 is 2.17 bits per heavy atom. The second-order valence-corrected chi connectivity index (χ2v) is 7.79. The van der Waals surface area contributed by atoms with Crippen molar-refractivity contribution < 1.29 is 8.42 Å². The monoisotopic (exact) mass is 286 g/mol. The van der Waals surface area contributed by atoms with Crippen molar-refractivity contribution in [3.05, 3.63) is 29.8 Å². The summed E-state index contributed by atoms with van der Waals surface area (Å²) in [6.45, 7) is 0.527. The van der Waals surface area contributed by atoms with Crippen molar-refractivity contribution in [1.29, 1.82) is 0 Å². The topological polar surface area (TPSA) is 72.2 Å². The summed E-state index contributed by atoms with van der Waals surface area (Å²) in [7, 11) is -3.27. The molecule has 0 aromatic heterocycles. The number of nitrogen functional groups attached to an aromatic ring is 1. The van der Waals surface area contributed by atoms with Crippen LogP contribution in [0.15, 0.2) is 24.3 Å². The van der Waals surface area contributed by atoms with Gasteiger partial charge in [0.05, 0.1) is 5.75 Å². The Morgan fingerprint density at radius 1 is 1.44 bits per heavy atom. The van der Waals surface area contributed by atoms with Gasteiger partial charge in [-0.25, -0.2) is 13.1 Å². The van der Waals surface area contributed by atoms with Crippen LogP contribution in [0, 0.1) is 0 Å². The van der Waals surface area contributed by atoms with Gasteiger partial charge >= 0.3 is 0 Å². The van der Waals surface area contributed by atoms with Crippen molar-refractivity contribution in [2.45, 2.75) is 23.3 Å². The van der Waals surface area contributed by atoms with Gasteiger partial charge in [-0.2, -0.15) is 11.8 Å². The Morgan fingerprint density at radius 3 is 2.72 bits per heavy atom. The second-order valence-electron chi connectivity index (χ2n) is 4.71. The van der Waals surface area contributed by atoms with Gasteiger partial charge in [-0.15, -0.1) is 0 Å². The molecule has 1 aromatic carbocycles. The maximum atomic E-state index is 11.9. The number of hydrogen-bond donors (Lipinski definition) is 2.